The Labute approximate surface area is 174 Å². The van der Waals surface area contributed by atoms with Gasteiger partial charge in [0.05, 0.1) is 6.04 Å². The van der Waals surface area contributed by atoms with Crippen LogP contribution in [0.2, 0.25) is 0 Å². The lowest BCUT2D eigenvalue weighted by Crippen LogP contribution is -2.26. The Kier molecular flexibility index (Phi) is 8.96. The second-order valence-electron chi connectivity index (χ2n) is 6.39. The second-order valence-corrected chi connectivity index (χ2v) is 6.39. The van der Waals surface area contributed by atoms with Gasteiger partial charge in [0.1, 0.15) is 11.6 Å². The normalized spacial score (nSPS) is 10.8. The van der Waals surface area contributed by atoms with Crippen LogP contribution >= 0.6 is 0 Å². The van der Waals surface area contributed by atoms with Crippen LogP contribution in [0.3, 0.4) is 0 Å². The highest BCUT2D eigenvalue weighted by Gasteiger charge is 2.14. The van der Waals surface area contributed by atoms with Gasteiger partial charge < -0.3 is 16.6 Å². The minimum atomic E-state index is -0.262. The Hall–Kier alpha value is -3.25. The summed E-state index contributed by atoms with van der Waals surface area (Å²) in [7, 11) is 0. The number of benzene rings is 2. The van der Waals surface area contributed by atoms with Crippen LogP contribution in [0.15, 0.2) is 54.9 Å². The van der Waals surface area contributed by atoms with Crippen LogP contribution < -0.4 is 11.5 Å². The van der Waals surface area contributed by atoms with Crippen molar-refractivity contribution in [2.24, 2.45) is 0 Å². The summed E-state index contributed by atoms with van der Waals surface area (Å²) in [5, 5.41) is 13.0. The van der Waals surface area contributed by atoms with Crippen molar-refractivity contribution in [1.29, 1.82) is 0 Å². The van der Waals surface area contributed by atoms with E-state index in [2.05, 4.69) is 15.3 Å². The molecule has 0 radical (unpaired) electrons. The topological polar surface area (TPSA) is 110 Å². The maximum atomic E-state index is 12.6. The summed E-state index contributed by atoms with van der Waals surface area (Å²) in [4.78, 5) is 20.9. The molecule has 0 saturated heterocycles. The molecular formula is C23H32N4O2. The summed E-state index contributed by atoms with van der Waals surface area (Å²) in [5.74, 6) is 0.477. The maximum Gasteiger partial charge on any atom is 0.251 e. The maximum absolute atomic E-state index is 12.6. The average molecular weight is 397 g/mol. The first-order valence-electron chi connectivity index (χ1n) is 9.43. The van der Waals surface area contributed by atoms with E-state index >= 15 is 0 Å². The van der Waals surface area contributed by atoms with Gasteiger partial charge >= 0.3 is 0 Å². The second kappa shape index (κ2) is 10.9. The van der Waals surface area contributed by atoms with Gasteiger partial charge in [-0.05, 0) is 50.1 Å². The van der Waals surface area contributed by atoms with Crippen molar-refractivity contribution in [1.82, 2.24) is 21.4 Å². The standard InChI is InChI=1S/C21H21N3O2.C2H6.H3N.H2/c1-13-4-6-16(7-5-13)17-8-18(10-20(25)9-17)21(26)24-14(2)19-11-22-15(3)23-12-19;1-2;;/h4-12,14,25H,1-3H3,(H,24,26);1-2H3;1H3;1H/t14-;;;/m1.../s1. The van der Waals surface area contributed by atoms with Crippen LogP contribution in [0.4, 0.5) is 0 Å². The van der Waals surface area contributed by atoms with Gasteiger partial charge in [0.2, 0.25) is 0 Å². The van der Waals surface area contributed by atoms with E-state index in [-0.39, 0.29) is 25.3 Å². The van der Waals surface area contributed by atoms with Gasteiger partial charge in [-0.2, -0.15) is 0 Å². The molecule has 5 N–H and O–H groups in total. The van der Waals surface area contributed by atoms with E-state index in [0.29, 0.717) is 11.4 Å². The van der Waals surface area contributed by atoms with Crippen LogP contribution in [0.25, 0.3) is 11.1 Å². The van der Waals surface area contributed by atoms with Gasteiger partial charge in [0, 0.05) is 24.9 Å². The molecule has 6 heteroatoms. The van der Waals surface area contributed by atoms with Crippen LogP contribution in [0.1, 0.15) is 55.5 Å². The van der Waals surface area contributed by atoms with Gasteiger partial charge in [-0.3, -0.25) is 4.79 Å². The van der Waals surface area contributed by atoms with Crippen LogP contribution in [0, 0.1) is 13.8 Å². The third-order valence-corrected chi connectivity index (χ3v) is 4.21. The third kappa shape index (κ3) is 6.40. The number of aromatic nitrogens is 2. The number of aryl methyl sites for hydroxylation is 2. The molecule has 0 unspecified atom stereocenters. The molecule has 0 spiro atoms. The summed E-state index contributed by atoms with van der Waals surface area (Å²) in [6.45, 7) is 9.70. The molecule has 0 bridgehead atoms. The zero-order valence-electron chi connectivity index (χ0n) is 17.7. The zero-order valence-corrected chi connectivity index (χ0v) is 17.7. The summed E-state index contributed by atoms with van der Waals surface area (Å²) >= 11 is 0. The van der Waals surface area contributed by atoms with Crippen molar-refractivity contribution in [2.75, 3.05) is 0 Å². The number of hydrogen-bond acceptors (Lipinski definition) is 5. The number of hydrogen-bond donors (Lipinski definition) is 3. The summed E-state index contributed by atoms with van der Waals surface area (Å²) in [6, 6.07) is 12.6. The monoisotopic (exact) mass is 396 g/mol. The number of rotatable bonds is 4. The van der Waals surface area contributed by atoms with Gasteiger partial charge in [-0.15, -0.1) is 0 Å². The molecule has 0 saturated carbocycles. The molecular weight excluding hydrogens is 364 g/mol. The zero-order chi connectivity index (χ0) is 20.7. The molecule has 2 aromatic carbocycles. The Morgan fingerprint density at radius 3 is 2.17 bits per heavy atom. The predicted octanol–water partition coefficient (Wildman–Crippen LogP) is 5.39. The highest BCUT2D eigenvalue weighted by atomic mass is 16.3. The van der Waals surface area contributed by atoms with E-state index in [0.717, 1.165) is 22.3 Å². The lowest BCUT2D eigenvalue weighted by molar-refractivity contribution is 0.0939. The number of nitrogens with zero attached hydrogens (tertiary/aromatic N) is 2. The molecule has 3 rings (SSSR count). The molecule has 0 fully saturated rings. The number of aromatic hydroxyl groups is 1. The van der Waals surface area contributed by atoms with Crippen LogP contribution in [-0.2, 0) is 0 Å². The summed E-state index contributed by atoms with van der Waals surface area (Å²) < 4.78 is 0. The van der Waals surface area contributed by atoms with Gasteiger partial charge in [-0.1, -0.05) is 43.7 Å². The minimum Gasteiger partial charge on any atom is -0.508 e. The molecule has 0 aliphatic rings. The SMILES string of the molecule is CC.Cc1ccc(-c2cc(O)cc(C(=O)N[C@H](C)c3cnc(C)nc3)c2)cc1.N.[HH]. The van der Waals surface area contributed by atoms with E-state index in [9.17, 15) is 9.90 Å². The van der Waals surface area contributed by atoms with Crippen molar-refractivity contribution in [3.8, 4) is 16.9 Å². The van der Waals surface area contributed by atoms with E-state index in [1.165, 1.54) is 6.07 Å². The molecule has 6 nitrogen and oxygen atoms in total. The van der Waals surface area contributed by atoms with Crippen molar-refractivity contribution < 1.29 is 11.3 Å². The van der Waals surface area contributed by atoms with E-state index in [1.54, 1.807) is 24.5 Å². The quantitative estimate of drug-likeness (QED) is 0.547. The fourth-order valence-electron chi connectivity index (χ4n) is 2.64. The number of phenolic OH excluding ortho intramolecular Hbond substituents is 1. The van der Waals surface area contributed by atoms with Gasteiger partial charge in [-0.25, -0.2) is 9.97 Å². The average Bonchev–Trinajstić information content (AvgIpc) is 2.70. The first-order chi connectivity index (χ1) is 13.4. The molecule has 1 atom stereocenters. The molecule has 3 aromatic rings. The van der Waals surface area contributed by atoms with Crippen molar-refractivity contribution in [2.45, 2.75) is 40.7 Å². The van der Waals surface area contributed by atoms with E-state index in [4.69, 9.17) is 0 Å². The predicted molar refractivity (Wildman–Crippen MR) is 119 cm³/mol. The first-order valence-corrected chi connectivity index (χ1v) is 9.43. The number of amides is 1. The van der Waals surface area contributed by atoms with E-state index < -0.39 is 0 Å². The Balaban J connectivity index is 0.00000204. The lowest BCUT2D eigenvalue weighted by Gasteiger charge is -2.14. The van der Waals surface area contributed by atoms with Crippen molar-refractivity contribution in [3.05, 3.63) is 77.4 Å². The smallest absolute Gasteiger partial charge is 0.251 e. The number of phenols is 1. The van der Waals surface area contributed by atoms with Gasteiger partial charge in [0.25, 0.3) is 5.91 Å². The molecule has 1 heterocycles. The largest absolute Gasteiger partial charge is 0.508 e. The summed E-state index contributed by atoms with van der Waals surface area (Å²) in [6.07, 6.45) is 3.40. The van der Waals surface area contributed by atoms with Crippen molar-refractivity contribution >= 4 is 5.91 Å². The molecule has 1 amide bonds. The molecule has 0 aliphatic heterocycles. The lowest BCUT2D eigenvalue weighted by atomic mass is 10.0. The third-order valence-electron chi connectivity index (χ3n) is 4.21. The Morgan fingerprint density at radius 1 is 1.00 bits per heavy atom. The van der Waals surface area contributed by atoms with Crippen LogP contribution in [0.5, 0.6) is 5.75 Å². The summed E-state index contributed by atoms with van der Waals surface area (Å²) in [5.41, 5.74) is 4.12. The van der Waals surface area contributed by atoms with E-state index in [1.807, 2.05) is 58.9 Å². The molecule has 156 valence electrons. The highest BCUT2D eigenvalue weighted by molar-refractivity contribution is 5.96. The first kappa shape index (κ1) is 23.8. The molecule has 29 heavy (non-hydrogen) atoms. The molecule has 1 aromatic heterocycles. The van der Waals surface area contributed by atoms with Gasteiger partial charge in [0.15, 0.2) is 0 Å². The minimum absolute atomic E-state index is 0. The fourth-order valence-corrected chi connectivity index (χ4v) is 2.64. The Morgan fingerprint density at radius 2 is 1.59 bits per heavy atom. The van der Waals surface area contributed by atoms with Crippen molar-refractivity contribution in [3.63, 3.8) is 0 Å². The number of carbonyl (C=O) groups is 1. The number of carbonyl (C=O) groups excluding carboxylic acids is 1. The fraction of sp³-hybridized carbons (Fsp3) is 0.261. The van der Waals surface area contributed by atoms with Crippen LogP contribution in [-0.4, -0.2) is 21.0 Å². The molecule has 0 aliphatic carbocycles. The highest BCUT2D eigenvalue weighted by Crippen LogP contribution is 2.26. The number of nitrogens with one attached hydrogen (secondary N) is 1. The Bertz CT molecular complexity index is 929.